The minimum Gasteiger partial charge on any atom is -0.382 e. The van der Waals surface area contributed by atoms with Crippen LogP contribution in [0.5, 0.6) is 0 Å². The van der Waals surface area contributed by atoms with Gasteiger partial charge in [-0.05, 0) is 43.7 Å². The molecular weight excluding hydrogens is 348 g/mol. The van der Waals surface area contributed by atoms with Gasteiger partial charge in [-0.25, -0.2) is 4.99 Å². The van der Waals surface area contributed by atoms with Crippen LogP contribution in [0.15, 0.2) is 28.1 Å². The molecule has 0 bridgehead atoms. The van der Waals surface area contributed by atoms with Crippen molar-refractivity contribution in [3.63, 3.8) is 0 Å². The molecule has 1 aromatic rings. The molecule has 2 N–H and O–H groups in total. The monoisotopic (exact) mass is 380 g/mol. The predicted octanol–water partition coefficient (Wildman–Crippen LogP) is 2.27. The van der Waals surface area contributed by atoms with Gasteiger partial charge in [0.05, 0.1) is 13.1 Å². The highest BCUT2D eigenvalue weighted by atomic mass is 32.2. The van der Waals surface area contributed by atoms with Crippen LogP contribution in [0.25, 0.3) is 0 Å². The SMILES string of the molecule is CCOCCCNC(=NCc1ccc(C)cc1SC)NCC(=O)N(C)C. The smallest absolute Gasteiger partial charge is 0.241 e. The fourth-order valence-electron chi connectivity index (χ4n) is 2.16. The molecule has 0 spiro atoms. The Hall–Kier alpha value is -1.73. The molecular formula is C19H32N4O2S. The van der Waals surface area contributed by atoms with E-state index < -0.39 is 0 Å². The minimum absolute atomic E-state index is 0.00829. The number of guanidine groups is 1. The fourth-order valence-corrected chi connectivity index (χ4v) is 2.86. The van der Waals surface area contributed by atoms with Gasteiger partial charge >= 0.3 is 0 Å². The lowest BCUT2D eigenvalue weighted by molar-refractivity contribution is -0.127. The van der Waals surface area contributed by atoms with Crippen molar-refractivity contribution in [3.05, 3.63) is 29.3 Å². The number of aryl methyl sites for hydroxylation is 1. The first-order valence-corrected chi connectivity index (χ1v) is 10.1. The van der Waals surface area contributed by atoms with Crippen molar-refractivity contribution in [2.75, 3.05) is 46.7 Å². The zero-order valence-corrected chi connectivity index (χ0v) is 17.4. The number of benzene rings is 1. The number of rotatable bonds is 10. The lowest BCUT2D eigenvalue weighted by Crippen LogP contribution is -2.43. The highest BCUT2D eigenvalue weighted by molar-refractivity contribution is 7.98. The third kappa shape index (κ3) is 8.58. The maximum absolute atomic E-state index is 11.8. The summed E-state index contributed by atoms with van der Waals surface area (Å²) in [6.45, 7) is 7.03. The minimum atomic E-state index is 0.00829. The first-order valence-electron chi connectivity index (χ1n) is 8.91. The number of carbonyl (C=O) groups is 1. The van der Waals surface area contributed by atoms with E-state index in [9.17, 15) is 4.79 Å². The van der Waals surface area contributed by atoms with Crippen LogP contribution in [0.1, 0.15) is 24.5 Å². The third-order valence-electron chi connectivity index (χ3n) is 3.72. The molecule has 146 valence electrons. The lowest BCUT2D eigenvalue weighted by atomic mass is 10.1. The van der Waals surface area contributed by atoms with E-state index in [1.807, 2.05) is 6.92 Å². The van der Waals surface area contributed by atoms with Crippen molar-refractivity contribution < 1.29 is 9.53 Å². The molecule has 0 aromatic heterocycles. The van der Waals surface area contributed by atoms with Crippen molar-refractivity contribution in [2.24, 2.45) is 4.99 Å². The Kier molecular flexibility index (Phi) is 10.8. The second-order valence-corrected chi connectivity index (χ2v) is 6.95. The van der Waals surface area contributed by atoms with Crippen molar-refractivity contribution in [2.45, 2.75) is 31.7 Å². The standard InChI is InChI=1S/C19H32N4O2S/c1-6-25-11-7-10-20-19(22-14-18(24)23(3)4)21-13-16-9-8-15(2)12-17(16)26-5/h8-9,12H,6-7,10-11,13-14H2,1-5H3,(H2,20,21,22). The van der Waals surface area contributed by atoms with Gasteiger partial charge in [-0.2, -0.15) is 0 Å². The normalized spacial score (nSPS) is 11.3. The summed E-state index contributed by atoms with van der Waals surface area (Å²) in [6, 6.07) is 6.39. The van der Waals surface area contributed by atoms with Crippen molar-refractivity contribution in [1.29, 1.82) is 0 Å². The summed E-state index contributed by atoms with van der Waals surface area (Å²) in [5, 5.41) is 6.38. The number of amides is 1. The summed E-state index contributed by atoms with van der Waals surface area (Å²) in [6.07, 6.45) is 2.96. The molecule has 1 amide bonds. The summed E-state index contributed by atoms with van der Waals surface area (Å²) in [5.41, 5.74) is 2.42. The molecule has 0 fully saturated rings. The molecule has 0 atom stereocenters. The summed E-state index contributed by atoms with van der Waals surface area (Å²) in [5.74, 6) is 0.651. The Morgan fingerprint density at radius 2 is 2.08 bits per heavy atom. The van der Waals surface area contributed by atoms with Gasteiger partial charge < -0.3 is 20.3 Å². The lowest BCUT2D eigenvalue weighted by Gasteiger charge is -2.15. The Bertz CT molecular complexity index is 591. The van der Waals surface area contributed by atoms with Gasteiger partial charge in [-0.3, -0.25) is 4.79 Å². The number of thioether (sulfide) groups is 1. The van der Waals surface area contributed by atoms with E-state index in [4.69, 9.17) is 4.74 Å². The van der Waals surface area contributed by atoms with E-state index in [0.29, 0.717) is 19.1 Å². The van der Waals surface area contributed by atoms with Crippen LogP contribution in [0.3, 0.4) is 0 Å². The topological polar surface area (TPSA) is 66.0 Å². The largest absolute Gasteiger partial charge is 0.382 e. The number of nitrogens with zero attached hydrogens (tertiary/aromatic N) is 2. The molecule has 1 aromatic carbocycles. The third-order valence-corrected chi connectivity index (χ3v) is 4.54. The van der Waals surface area contributed by atoms with E-state index in [2.05, 4.69) is 47.0 Å². The van der Waals surface area contributed by atoms with E-state index in [1.165, 1.54) is 16.0 Å². The highest BCUT2D eigenvalue weighted by Crippen LogP contribution is 2.22. The molecule has 7 heteroatoms. The summed E-state index contributed by atoms with van der Waals surface area (Å²) >= 11 is 1.72. The zero-order chi connectivity index (χ0) is 19.4. The molecule has 1 rings (SSSR count). The van der Waals surface area contributed by atoms with Gasteiger partial charge in [-0.15, -0.1) is 11.8 Å². The number of aliphatic imine (C=N–C) groups is 1. The number of hydrogen-bond donors (Lipinski definition) is 2. The molecule has 0 aliphatic carbocycles. The van der Waals surface area contributed by atoms with Crippen LogP contribution >= 0.6 is 11.8 Å². The van der Waals surface area contributed by atoms with Gasteiger partial charge in [0.2, 0.25) is 5.91 Å². The molecule has 0 saturated carbocycles. The zero-order valence-electron chi connectivity index (χ0n) is 16.6. The number of ether oxygens (including phenoxy) is 1. The maximum atomic E-state index is 11.8. The molecule has 6 nitrogen and oxygen atoms in total. The van der Waals surface area contributed by atoms with Gasteiger partial charge in [0, 0.05) is 38.7 Å². The number of hydrogen-bond acceptors (Lipinski definition) is 4. The molecule has 0 aliphatic heterocycles. The Labute approximate surface area is 161 Å². The second-order valence-electron chi connectivity index (χ2n) is 6.10. The van der Waals surface area contributed by atoms with Gasteiger partial charge in [0.25, 0.3) is 0 Å². The van der Waals surface area contributed by atoms with Gasteiger partial charge in [0.1, 0.15) is 0 Å². The average Bonchev–Trinajstić information content (AvgIpc) is 2.63. The quantitative estimate of drug-likeness (QED) is 0.282. The Morgan fingerprint density at radius 1 is 1.31 bits per heavy atom. The van der Waals surface area contributed by atoms with Gasteiger partial charge in [-0.1, -0.05) is 12.1 Å². The fraction of sp³-hybridized carbons (Fsp3) is 0.579. The molecule has 0 heterocycles. The van der Waals surface area contributed by atoms with Crippen molar-refractivity contribution in [3.8, 4) is 0 Å². The average molecular weight is 381 g/mol. The van der Waals surface area contributed by atoms with Crippen LogP contribution in [0.4, 0.5) is 0 Å². The summed E-state index contributed by atoms with van der Waals surface area (Å²) in [4.78, 5) is 19.3. The predicted molar refractivity (Wildman–Crippen MR) is 110 cm³/mol. The van der Waals surface area contributed by atoms with Crippen LogP contribution in [0.2, 0.25) is 0 Å². The molecule has 0 aliphatic rings. The van der Waals surface area contributed by atoms with E-state index >= 15 is 0 Å². The maximum Gasteiger partial charge on any atom is 0.241 e. The van der Waals surface area contributed by atoms with Gasteiger partial charge in [0.15, 0.2) is 5.96 Å². The molecule has 0 radical (unpaired) electrons. The number of likely N-dealkylation sites (N-methyl/N-ethyl adjacent to an activating group) is 1. The van der Waals surface area contributed by atoms with Crippen molar-refractivity contribution in [1.82, 2.24) is 15.5 Å². The van der Waals surface area contributed by atoms with E-state index in [-0.39, 0.29) is 12.5 Å². The molecule has 26 heavy (non-hydrogen) atoms. The first-order chi connectivity index (χ1) is 12.5. The molecule has 0 unspecified atom stereocenters. The van der Waals surface area contributed by atoms with E-state index in [0.717, 1.165) is 19.6 Å². The van der Waals surface area contributed by atoms with Crippen LogP contribution in [0, 0.1) is 6.92 Å². The Balaban J connectivity index is 2.71. The summed E-state index contributed by atoms with van der Waals surface area (Å²) < 4.78 is 5.35. The first kappa shape index (κ1) is 22.3. The van der Waals surface area contributed by atoms with Crippen LogP contribution in [-0.2, 0) is 16.1 Å². The van der Waals surface area contributed by atoms with Crippen LogP contribution in [-0.4, -0.2) is 63.4 Å². The Morgan fingerprint density at radius 3 is 2.73 bits per heavy atom. The highest BCUT2D eigenvalue weighted by Gasteiger charge is 2.07. The second kappa shape index (κ2) is 12.6. The summed E-state index contributed by atoms with van der Waals surface area (Å²) in [7, 11) is 3.49. The van der Waals surface area contributed by atoms with Crippen LogP contribution < -0.4 is 10.6 Å². The number of nitrogens with one attached hydrogen (secondary N) is 2. The number of carbonyl (C=O) groups excluding carboxylic acids is 1. The van der Waals surface area contributed by atoms with E-state index in [1.54, 1.807) is 30.8 Å². The van der Waals surface area contributed by atoms with Crippen molar-refractivity contribution >= 4 is 23.6 Å². The molecule has 0 saturated heterocycles.